The van der Waals surface area contributed by atoms with Crippen molar-refractivity contribution in [2.45, 2.75) is 43.6 Å². The molecule has 3 N–H and O–H groups in total. The Hall–Kier alpha value is -0.360. The average molecular weight is 251 g/mol. The molecule has 16 heavy (non-hydrogen) atoms. The number of hydrogen-bond acceptors (Lipinski definition) is 4. The van der Waals surface area contributed by atoms with E-state index in [-0.39, 0.29) is 37.1 Å². The van der Waals surface area contributed by atoms with Crippen molar-refractivity contribution in [2.24, 2.45) is 5.73 Å². The average Bonchev–Trinajstić information content (AvgIpc) is 2.79. The molecule has 2 rings (SSSR count). The maximum atomic E-state index is 11.6. The van der Waals surface area contributed by atoms with Crippen LogP contribution in [-0.2, 0) is 14.3 Å². The third-order valence-corrected chi connectivity index (χ3v) is 3.12. The first-order valence-corrected chi connectivity index (χ1v) is 5.41. The Kier molecular flexibility index (Phi) is 4.98. The molecule has 0 aromatic heterocycles. The predicted molar refractivity (Wildman–Crippen MR) is 61.5 cm³/mol. The van der Waals surface area contributed by atoms with E-state index in [2.05, 4.69) is 5.32 Å². The molecule has 2 aliphatic heterocycles. The second kappa shape index (κ2) is 5.82. The number of hydrogen-bond donors (Lipinski definition) is 2. The van der Waals surface area contributed by atoms with Crippen LogP contribution in [0.5, 0.6) is 0 Å². The molecule has 0 radical (unpaired) electrons. The maximum Gasteiger partial charge on any atom is 0.239 e. The molecule has 0 aromatic rings. The van der Waals surface area contributed by atoms with Crippen molar-refractivity contribution in [1.29, 1.82) is 0 Å². The number of rotatable bonds is 4. The minimum atomic E-state index is -0.575. The van der Waals surface area contributed by atoms with E-state index in [1.54, 1.807) is 0 Å². The summed E-state index contributed by atoms with van der Waals surface area (Å²) in [5.74, 6) is -0.141. The van der Waals surface area contributed by atoms with Gasteiger partial charge in [-0.15, -0.1) is 12.4 Å². The lowest BCUT2D eigenvalue weighted by atomic mass is 9.95. The molecular weight excluding hydrogens is 232 g/mol. The van der Waals surface area contributed by atoms with Gasteiger partial charge in [-0.05, 0) is 19.3 Å². The van der Waals surface area contributed by atoms with Crippen LogP contribution in [-0.4, -0.2) is 43.9 Å². The van der Waals surface area contributed by atoms with Gasteiger partial charge in [-0.2, -0.15) is 0 Å². The number of nitrogens with one attached hydrogen (secondary N) is 1. The molecule has 94 valence electrons. The lowest BCUT2D eigenvalue weighted by Gasteiger charge is -2.21. The minimum absolute atomic E-state index is 0. The fourth-order valence-corrected chi connectivity index (χ4v) is 2.33. The van der Waals surface area contributed by atoms with Gasteiger partial charge in [0.15, 0.2) is 0 Å². The summed E-state index contributed by atoms with van der Waals surface area (Å²) in [6.07, 6.45) is 3.65. The standard InChI is InChI=1S/C10H18N2O3.ClH/c1-14-5-7(11)10(13)12-8-4-6-2-3-9(8)15-6;/h6-9H,2-5,11H2,1H3,(H,12,13);1H. The third kappa shape index (κ3) is 2.85. The summed E-state index contributed by atoms with van der Waals surface area (Å²) in [6.45, 7) is 0.257. The molecule has 4 atom stereocenters. The highest BCUT2D eigenvalue weighted by Crippen LogP contribution is 2.34. The molecule has 2 bridgehead atoms. The van der Waals surface area contributed by atoms with Crippen molar-refractivity contribution in [1.82, 2.24) is 5.32 Å². The zero-order chi connectivity index (χ0) is 10.8. The van der Waals surface area contributed by atoms with E-state index in [9.17, 15) is 4.79 Å². The summed E-state index contributed by atoms with van der Waals surface area (Å²) in [5, 5.41) is 2.93. The largest absolute Gasteiger partial charge is 0.383 e. The van der Waals surface area contributed by atoms with Crippen molar-refractivity contribution in [3.63, 3.8) is 0 Å². The van der Waals surface area contributed by atoms with Gasteiger partial charge in [-0.25, -0.2) is 0 Å². The fraction of sp³-hybridized carbons (Fsp3) is 0.900. The highest BCUT2D eigenvalue weighted by Gasteiger charge is 2.41. The van der Waals surface area contributed by atoms with E-state index in [4.69, 9.17) is 15.2 Å². The van der Waals surface area contributed by atoms with Crippen LogP contribution in [0, 0.1) is 0 Å². The van der Waals surface area contributed by atoms with Gasteiger partial charge in [0.05, 0.1) is 24.9 Å². The predicted octanol–water partition coefficient (Wildman–Crippen LogP) is -0.182. The summed E-state index contributed by atoms with van der Waals surface area (Å²) in [7, 11) is 1.54. The summed E-state index contributed by atoms with van der Waals surface area (Å²) in [5.41, 5.74) is 5.63. The van der Waals surface area contributed by atoms with Crippen LogP contribution in [0.3, 0.4) is 0 Å². The second-order valence-corrected chi connectivity index (χ2v) is 4.29. The van der Waals surface area contributed by atoms with Gasteiger partial charge in [-0.1, -0.05) is 0 Å². The number of amides is 1. The minimum Gasteiger partial charge on any atom is -0.383 e. The maximum absolute atomic E-state index is 11.6. The molecule has 2 aliphatic rings. The molecule has 6 heteroatoms. The van der Waals surface area contributed by atoms with E-state index in [0.717, 1.165) is 19.3 Å². The number of carbonyl (C=O) groups is 1. The molecule has 5 nitrogen and oxygen atoms in total. The van der Waals surface area contributed by atoms with E-state index >= 15 is 0 Å². The SMILES string of the molecule is COCC(N)C(=O)NC1CC2CCC1O2.Cl. The van der Waals surface area contributed by atoms with Crippen LogP contribution in [0.1, 0.15) is 19.3 Å². The van der Waals surface area contributed by atoms with Crippen molar-refractivity contribution in [3.8, 4) is 0 Å². The van der Waals surface area contributed by atoms with Gasteiger partial charge in [0.1, 0.15) is 6.04 Å². The topological polar surface area (TPSA) is 73.6 Å². The number of fused-ring (bicyclic) bond motifs is 2. The monoisotopic (exact) mass is 250 g/mol. The van der Waals surface area contributed by atoms with Crippen LogP contribution in [0.15, 0.2) is 0 Å². The van der Waals surface area contributed by atoms with Crippen LogP contribution >= 0.6 is 12.4 Å². The molecule has 0 spiro atoms. The second-order valence-electron chi connectivity index (χ2n) is 4.29. The quantitative estimate of drug-likeness (QED) is 0.726. The highest BCUT2D eigenvalue weighted by molar-refractivity contribution is 5.85. The molecule has 0 saturated carbocycles. The molecular formula is C10H19ClN2O3. The lowest BCUT2D eigenvalue weighted by Crippen LogP contribution is -2.50. The molecule has 0 aromatic carbocycles. The number of ether oxygens (including phenoxy) is 2. The lowest BCUT2D eigenvalue weighted by molar-refractivity contribution is -0.124. The van der Waals surface area contributed by atoms with Gasteiger partial charge in [-0.3, -0.25) is 4.79 Å². The van der Waals surface area contributed by atoms with Crippen LogP contribution < -0.4 is 11.1 Å². The number of methoxy groups -OCH3 is 1. The molecule has 2 fully saturated rings. The highest BCUT2D eigenvalue weighted by atomic mass is 35.5. The van der Waals surface area contributed by atoms with E-state index < -0.39 is 6.04 Å². The smallest absolute Gasteiger partial charge is 0.239 e. The normalized spacial score (nSPS) is 33.2. The Morgan fingerprint density at radius 1 is 1.62 bits per heavy atom. The third-order valence-electron chi connectivity index (χ3n) is 3.12. The molecule has 4 unspecified atom stereocenters. The van der Waals surface area contributed by atoms with Crippen molar-refractivity contribution < 1.29 is 14.3 Å². The molecule has 2 heterocycles. The Labute approximate surface area is 101 Å². The van der Waals surface area contributed by atoms with Crippen molar-refractivity contribution >= 4 is 18.3 Å². The first kappa shape index (κ1) is 13.7. The van der Waals surface area contributed by atoms with Crippen LogP contribution in [0.4, 0.5) is 0 Å². The molecule has 1 amide bonds. The van der Waals surface area contributed by atoms with E-state index in [1.165, 1.54) is 7.11 Å². The fourth-order valence-electron chi connectivity index (χ4n) is 2.33. The van der Waals surface area contributed by atoms with Gasteiger partial charge >= 0.3 is 0 Å². The Morgan fingerprint density at radius 3 is 2.88 bits per heavy atom. The molecule has 0 aliphatic carbocycles. The summed E-state index contributed by atoms with van der Waals surface area (Å²) < 4.78 is 10.5. The Bertz CT molecular complexity index is 252. The Morgan fingerprint density at radius 2 is 2.38 bits per heavy atom. The van der Waals surface area contributed by atoms with Gasteiger partial charge in [0.25, 0.3) is 0 Å². The summed E-state index contributed by atoms with van der Waals surface area (Å²) >= 11 is 0. The van der Waals surface area contributed by atoms with Gasteiger partial charge in [0.2, 0.25) is 5.91 Å². The summed E-state index contributed by atoms with van der Waals surface area (Å²) in [6, 6.07) is -0.423. The van der Waals surface area contributed by atoms with Crippen LogP contribution in [0.25, 0.3) is 0 Å². The first-order valence-electron chi connectivity index (χ1n) is 5.41. The van der Waals surface area contributed by atoms with Crippen molar-refractivity contribution in [2.75, 3.05) is 13.7 Å². The summed E-state index contributed by atoms with van der Waals surface area (Å²) in [4.78, 5) is 11.6. The zero-order valence-corrected chi connectivity index (χ0v) is 10.2. The van der Waals surface area contributed by atoms with Gasteiger partial charge < -0.3 is 20.5 Å². The van der Waals surface area contributed by atoms with E-state index in [1.807, 2.05) is 0 Å². The van der Waals surface area contributed by atoms with Crippen molar-refractivity contribution in [3.05, 3.63) is 0 Å². The Balaban J connectivity index is 0.00000128. The first-order chi connectivity index (χ1) is 7.20. The van der Waals surface area contributed by atoms with E-state index in [0.29, 0.717) is 6.10 Å². The number of halogens is 1. The van der Waals surface area contributed by atoms with Crippen LogP contribution in [0.2, 0.25) is 0 Å². The zero-order valence-electron chi connectivity index (χ0n) is 9.35. The molecule has 2 saturated heterocycles. The number of nitrogens with two attached hydrogens (primary N) is 1. The van der Waals surface area contributed by atoms with Gasteiger partial charge in [0, 0.05) is 7.11 Å². The number of carbonyl (C=O) groups excluding carboxylic acids is 1.